The van der Waals surface area contributed by atoms with Gasteiger partial charge in [-0.05, 0) is 63.4 Å². The third kappa shape index (κ3) is 3.62. The van der Waals surface area contributed by atoms with Crippen LogP contribution in [0.4, 0.5) is 0 Å². The lowest BCUT2D eigenvalue weighted by atomic mass is 9.80. The van der Waals surface area contributed by atoms with Crippen molar-refractivity contribution in [3.05, 3.63) is 42.2 Å². The highest BCUT2D eigenvalue weighted by atomic mass is 16.1. The summed E-state index contributed by atoms with van der Waals surface area (Å²) in [6.07, 6.45) is 5.82. The van der Waals surface area contributed by atoms with Gasteiger partial charge in [-0.15, -0.1) is 0 Å². The number of rotatable bonds is 4. The third-order valence-corrected chi connectivity index (χ3v) is 4.77. The molecule has 1 amide bonds. The van der Waals surface area contributed by atoms with Crippen LogP contribution in [0.2, 0.25) is 0 Å². The Labute approximate surface area is 136 Å². The molecule has 1 fully saturated rings. The molecule has 0 radical (unpaired) electrons. The molecular weight excluding hydrogens is 288 g/mol. The van der Waals surface area contributed by atoms with Crippen LogP contribution in [0, 0.1) is 5.92 Å². The maximum Gasteiger partial charge on any atom is 0.251 e. The molecule has 0 unspecified atom stereocenters. The first-order chi connectivity index (χ1) is 11.1. The van der Waals surface area contributed by atoms with E-state index in [2.05, 4.69) is 34.7 Å². The summed E-state index contributed by atoms with van der Waals surface area (Å²) in [5, 5.41) is 13.3. The lowest BCUT2D eigenvalue weighted by Gasteiger charge is -2.38. The zero-order chi connectivity index (χ0) is 16.3. The molecule has 1 aliphatic rings. The molecule has 1 aliphatic heterocycles. The topological polar surface area (TPSA) is 69.8 Å². The van der Waals surface area contributed by atoms with E-state index in [1.807, 2.05) is 30.5 Å². The predicted octanol–water partition coefficient (Wildman–Crippen LogP) is 2.58. The van der Waals surface area contributed by atoms with Crippen LogP contribution in [0.1, 0.15) is 37.0 Å². The van der Waals surface area contributed by atoms with Gasteiger partial charge in [0.05, 0.1) is 6.20 Å². The van der Waals surface area contributed by atoms with Crippen molar-refractivity contribution in [3.8, 4) is 11.1 Å². The first-order valence-electron chi connectivity index (χ1n) is 8.19. The summed E-state index contributed by atoms with van der Waals surface area (Å²) in [5.41, 5.74) is 2.57. The van der Waals surface area contributed by atoms with E-state index in [9.17, 15) is 4.79 Å². The normalized spacial score (nSPS) is 16.3. The number of carbonyl (C=O) groups is 1. The molecule has 0 spiro atoms. The fourth-order valence-corrected chi connectivity index (χ4v) is 3.23. The molecule has 5 heteroatoms. The van der Waals surface area contributed by atoms with E-state index < -0.39 is 0 Å². The van der Waals surface area contributed by atoms with Gasteiger partial charge in [-0.1, -0.05) is 12.1 Å². The summed E-state index contributed by atoms with van der Waals surface area (Å²) in [6.45, 7) is 6.31. The number of hydrogen-bond donors (Lipinski definition) is 3. The van der Waals surface area contributed by atoms with Gasteiger partial charge in [-0.2, -0.15) is 5.10 Å². The Kier molecular flexibility index (Phi) is 4.48. The number of piperidine rings is 1. The first-order valence-corrected chi connectivity index (χ1v) is 8.19. The summed E-state index contributed by atoms with van der Waals surface area (Å²) < 4.78 is 0. The molecule has 0 saturated carbocycles. The number of benzene rings is 1. The summed E-state index contributed by atoms with van der Waals surface area (Å²) in [7, 11) is 0. The van der Waals surface area contributed by atoms with E-state index in [-0.39, 0.29) is 11.4 Å². The maximum absolute atomic E-state index is 12.6. The number of amides is 1. The van der Waals surface area contributed by atoms with E-state index in [0.29, 0.717) is 11.5 Å². The van der Waals surface area contributed by atoms with Crippen LogP contribution in [-0.4, -0.2) is 34.7 Å². The van der Waals surface area contributed by atoms with Crippen molar-refractivity contribution in [2.45, 2.75) is 32.2 Å². The number of hydrogen-bond acceptors (Lipinski definition) is 3. The van der Waals surface area contributed by atoms with E-state index in [4.69, 9.17) is 0 Å². The van der Waals surface area contributed by atoms with Crippen LogP contribution in [0.5, 0.6) is 0 Å². The van der Waals surface area contributed by atoms with Crippen molar-refractivity contribution in [2.24, 2.45) is 5.92 Å². The second-order valence-corrected chi connectivity index (χ2v) is 6.76. The summed E-state index contributed by atoms with van der Waals surface area (Å²) in [4.78, 5) is 12.6. The second-order valence-electron chi connectivity index (χ2n) is 6.76. The van der Waals surface area contributed by atoms with Gasteiger partial charge in [0.1, 0.15) is 0 Å². The Morgan fingerprint density at radius 1 is 1.17 bits per heavy atom. The number of carbonyl (C=O) groups excluding carboxylic acids is 1. The standard InChI is InChI=1S/C18H24N4O/c1-18(2,16-7-9-19-10-8-16)22-17(23)14-5-3-13(4-6-14)15-11-20-21-12-15/h3-6,11-12,16,19H,7-10H2,1-2H3,(H,20,21)(H,22,23). The number of nitrogens with zero attached hydrogens (tertiary/aromatic N) is 1. The molecular formula is C18H24N4O. The van der Waals surface area contributed by atoms with Gasteiger partial charge >= 0.3 is 0 Å². The molecule has 3 rings (SSSR count). The van der Waals surface area contributed by atoms with Crippen molar-refractivity contribution >= 4 is 5.91 Å². The Balaban J connectivity index is 1.68. The van der Waals surface area contributed by atoms with E-state index in [0.717, 1.165) is 37.1 Å². The summed E-state index contributed by atoms with van der Waals surface area (Å²) >= 11 is 0. The highest BCUT2D eigenvalue weighted by Crippen LogP contribution is 2.26. The maximum atomic E-state index is 12.6. The first kappa shape index (κ1) is 15.7. The van der Waals surface area contributed by atoms with Crippen LogP contribution in [0.15, 0.2) is 36.7 Å². The summed E-state index contributed by atoms with van der Waals surface area (Å²) in [5.74, 6) is 0.505. The minimum atomic E-state index is -0.192. The highest BCUT2D eigenvalue weighted by molar-refractivity contribution is 5.95. The largest absolute Gasteiger partial charge is 0.347 e. The van der Waals surface area contributed by atoms with E-state index >= 15 is 0 Å². The molecule has 2 heterocycles. The van der Waals surface area contributed by atoms with Crippen molar-refractivity contribution in [2.75, 3.05) is 13.1 Å². The van der Waals surface area contributed by atoms with Crippen molar-refractivity contribution < 1.29 is 4.79 Å². The smallest absolute Gasteiger partial charge is 0.251 e. The monoisotopic (exact) mass is 312 g/mol. The van der Waals surface area contributed by atoms with Crippen molar-refractivity contribution in [1.29, 1.82) is 0 Å². The SMILES string of the molecule is CC(C)(NC(=O)c1ccc(-c2cn[nH]c2)cc1)C1CCNCC1. The lowest BCUT2D eigenvalue weighted by molar-refractivity contribution is 0.0863. The van der Waals surface area contributed by atoms with Crippen LogP contribution in [0.25, 0.3) is 11.1 Å². The van der Waals surface area contributed by atoms with E-state index in [1.54, 1.807) is 6.20 Å². The average Bonchev–Trinajstić information content (AvgIpc) is 3.10. The quantitative estimate of drug-likeness (QED) is 0.813. The van der Waals surface area contributed by atoms with Gasteiger partial charge in [-0.25, -0.2) is 0 Å². The van der Waals surface area contributed by atoms with Gasteiger partial charge in [0, 0.05) is 22.9 Å². The fourth-order valence-electron chi connectivity index (χ4n) is 3.23. The van der Waals surface area contributed by atoms with Crippen LogP contribution in [-0.2, 0) is 0 Å². The molecule has 122 valence electrons. The fraction of sp³-hybridized carbons (Fsp3) is 0.444. The Bertz CT molecular complexity index is 640. The Hall–Kier alpha value is -2.14. The lowest BCUT2D eigenvalue weighted by Crippen LogP contribution is -2.51. The van der Waals surface area contributed by atoms with E-state index in [1.165, 1.54) is 0 Å². The number of aromatic nitrogens is 2. The molecule has 23 heavy (non-hydrogen) atoms. The molecule has 1 aromatic heterocycles. The molecule has 0 atom stereocenters. The van der Waals surface area contributed by atoms with Gasteiger partial charge in [0.15, 0.2) is 0 Å². The number of H-pyrrole nitrogens is 1. The summed E-state index contributed by atoms with van der Waals surface area (Å²) in [6, 6.07) is 7.65. The molecule has 1 aromatic carbocycles. The highest BCUT2D eigenvalue weighted by Gasteiger charge is 2.32. The third-order valence-electron chi connectivity index (χ3n) is 4.77. The van der Waals surface area contributed by atoms with Gasteiger partial charge < -0.3 is 10.6 Å². The second kappa shape index (κ2) is 6.54. The minimum absolute atomic E-state index is 0.00715. The number of aromatic amines is 1. The average molecular weight is 312 g/mol. The molecule has 1 saturated heterocycles. The van der Waals surface area contributed by atoms with Crippen LogP contribution in [0.3, 0.4) is 0 Å². The minimum Gasteiger partial charge on any atom is -0.347 e. The zero-order valence-corrected chi connectivity index (χ0v) is 13.7. The van der Waals surface area contributed by atoms with Gasteiger partial charge in [-0.3, -0.25) is 9.89 Å². The molecule has 0 bridgehead atoms. The van der Waals surface area contributed by atoms with Crippen molar-refractivity contribution in [3.63, 3.8) is 0 Å². The Morgan fingerprint density at radius 3 is 2.48 bits per heavy atom. The van der Waals surface area contributed by atoms with Gasteiger partial charge in [0.2, 0.25) is 0 Å². The number of nitrogens with one attached hydrogen (secondary N) is 3. The van der Waals surface area contributed by atoms with Gasteiger partial charge in [0.25, 0.3) is 5.91 Å². The molecule has 0 aliphatic carbocycles. The van der Waals surface area contributed by atoms with Crippen LogP contribution >= 0.6 is 0 Å². The van der Waals surface area contributed by atoms with Crippen LogP contribution < -0.4 is 10.6 Å². The molecule has 3 N–H and O–H groups in total. The zero-order valence-electron chi connectivity index (χ0n) is 13.7. The molecule has 5 nitrogen and oxygen atoms in total. The molecule has 2 aromatic rings. The predicted molar refractivity (Wildman–Crippen MR) is 91.2 cm³/mol. The van der Waals surface area contributed by atoms with Crippen molar-refractivity contribution in [1.82, 2.24) is 20.8 Å². The Morgan fingerprint density at radius 2 is 1.87 bits per heavy atom.